The number of carbonyl (C=O) groups is 2. The maximum absolute atomic E-state index is 13.0. The topological polar surface area (TPSA) is 55.4 Å². The maximum atomic E-state index is 13.0. The van der Waals surface area contributed by atoms with E-state index in [2.05, 4.69) is 5.32 Å². The van der Waals surface area contributed by atoms with E-state index in [0.717, 1.165) is 0 Å². The molecule has 1 amide bonds. The molecule has 0 spiro atoms. The van der Waals surface area contributed by atoms with Crippen molar-refractivity contribution in [3.05, 3.63) is 75.5 Å². The molecule has 0 saturated heterocycles. The first-order valence-corrected chi connectivity index (χ1v) is 8.40. The van der Waals surface area contributed by atoms with Gasteiger partial charge in [0.25, 0.3) is 0 Å². The Morgan fingerprint density at radius 2 is 1.85 bits per heavy atom. The molecule has 0 aliphatic carbocycles. The van der Waals surface area contributed by atoms with Gasteiger partial charge in [-0.15, -0.1) is 0 Å². The van der Waals surface area contributed by atoms with E-state index >= 15 is 0 Å². The lowest BCUT2D eigenvalue weighted by molar-refractivity contribution is -0.144. The molecule has 1 N–H and O–H groups in total. The number of benzene rings is 2. The first-order valence-electron chi connectivity index (χ1n) is 7.65. The maximum Gasteiger partial charge on any atom is 0.328 e. The predicted molar refractivity (Wildman–Crippen MR) is 99.5 cm³/mol. The average Bonchev–Trinajstić information content (AvgIpc) is 2.63. The molecule has 0 bridgehead atoms. The van der Waals surface area contributed by atoms with Crippen LogP contribution in [-0.4, -0.2) is 25.0 Å². The molecule has 0 radical (unpaired) electrons. The van der Waals surface area contributed by atoms with Gasteiger partial charge in [-0.05, 0) is 41.5 Å². The SMILES string of the molecule is COC(=O)[C@H](Cc1ccc(F)cc1)NC(=O)/C=C/c1ccc(Cl)c(Cl)c1. The number of hydrogen-bond donors (Lipinski definition) is 1. The van der Waals surface area contributed by atoms with Crippen LogP contribution >= 0.6 is 23.2 Å². The molecule has 2 aromatic carbocycles. The minimum Gasteiger partial charge on any atom is -0.467 e. The van der Waals surface area contributed by atoms with Crippen molar-refractivity contribution in [2.24, 2.45) is 0 Å². The Morgan fingerprint density at radius 3 is 2.46 bits per heavy atom. The van der Waals surface area contributed by atoms with Crippen LogP contribution in [0.15, 0.2) is 48.5 Å². The second kappa shape index (κ2) is 9.36. The fourth-order valence-corrected chi connectivity index (χ4v) is 2.51. The molecule has 1 atom stereocenters. The van der Waals surface area contributed by atoms with E-state index in [-0.39, 0.29) is 12.2 Å². The second-order valence-corrected chi connectivity index (χ2v) is 6.24. The molecule has 26 heavy (non-hydrogen) atoms. The number of hydrogen-bond acceptors (Lipinski definition) is 3. The van der Waals surface area contributed by atoms with E-state index in [9.17, 15) is 14.0 Å². The monoisotopic (exact) mass is 395 g/mol. The Labute approximate surface area is 160 Å². The van der Waals surface area contributed by atoms with Gasteiger partial charge in [-0.3, -0.25) is 4.79 Å². The van der Waals surface area contributed by atoms with E-state index in [0.29, 0.717) is 21.2 Å². The molecule has 0 saturated carbocycles. The van der Waals surface area contributed by atoms with Crippen molar-refractivity contribution in [1.29, 1.82) is 0 Å². The molecular weight excluding hydrogens is 380 g/mol. The lowest BCUT2D eigenvalue weighted by atomic mass is 10.1. The molecule has 0 aliphatic rings. The average molecular weight is 396 g/mol. The summed E-state index contributed by atoms with van der Waals surface area (Å²) >= 11 is 11.8. The summed E-state index contributed by atoms with van der Waals surface area (Å²) in [5, 5.41) is 3.36. The summed E-state index contributed by atoms with van der Waals surface area (Å²) < 4.78 is 17.7. The fourth-order valence-electron chi connectivity index (χ4n) is 2.20. The molecule has 0 heterocycles. The van der Waals surface area contributed by atoms with Crippen molar-refractivity contribution in [2.45, 2.75) is 12.5 Å². The van der Waals surface area contributed by atoms with Gasteiger partial charge in [0.2, 0.25) is 5.91 Å². The Bertz CT molecular complexity index is 822. The van der Waals surface area contributed by atoms with Gasteiger partial charge in [0.1, 0.15) is 11.9 Å². The van der Waals surface area contributed by atoms with Crippen molar-refractivity contribution in [3.8, 4) is 0 Å². The number of methoxy groups -OCH3 is 1. The lowest BCUT2D eigenvalue weighted by Gasteiger charge is -2.15. The molecule has 2 aromatic rings. The van der Waals surface area contributed by atoms with Gasteiger partial charge in [-0.1, -0.05) is 41.4 Å². The van der Waals surface area contributed by atoms with E-state index in [1.165, 1.54) is 25.3 Å². The molecule has 2 rings (SSSR count). The van der Waals surface area contributed by atoms with E-state index in [4.69, 9.17) is 27.9 Å². The van der Waals surface area contributed by atoms with Gasteiger partial charge < -0.3 is 10.1 Å². The summed E-state index contributed by atoms with van der Waals surface area (Å²) in [6.07, 6.45) is 3.00. The molecule has 7 heteroatoms. The van der Waals surface area contributed by atoms with Gasteiger partial charge >= 0.3 is 5.97 Å². The van der Waals surface area contributed by atoms with E-state index in [1.807, 2.05) is 0 Å². The second-order valence-electron chi connectivity index (χ2n) is 5.42. The highest BCUT2D eigenvalue weighted by atomic mass is 35.5. The number of ether oxygens (including phenoxy) is 1. The molecule has 0 aromatic heterocycles. The van der Waals surface area contributed by atoms with Crippen LogP contribution in [0.25, 0.3) is 6.08 Å². The van der Waals surface area contributed by atoms with Gasteiger partial charge in [-0.2, -0.15) is 0 Å². The summed E-state index contributed by atoms with van der Waals surface area (Å²) in [5.74, 6) is -1.45. The normalized spacial score (nSPS) is 12.0. The van der Waals surface area contributed by atoms with E-state index in [1.54, 1.807) is 36.4 Å². The van der Waals surface area contributed by atoms with Gasteiger partial charge in [0.05, 0.1) is 17.2 Å². The van der Waals surface area contributed by atoms with Crippen LogP contribution in [0.5, 0.6) is 0 Å². The van der Waals surface area contributed by atoms with Crippen molar-refractivity contribution < 1.29 is 18.7 Å². The Hall–Kier alpha value is -2.37. The van der Waals surface area contributed by atoms with Gasteiger partial charge in [-0.25, -0.2) is 9.18 Å². The highest BCUT2D eigenvalue weighted by Gasteiger charge is 2.21. The number of carbonyl (C=O) groups excluding carboxylic acids is 2. The largest absolute Gasteiger partial charge is 0.467 e. The van der Waals surface area contributed by atoms with Crippen molar-refractivity contribution in [3.63, 3.8) is 0 Å². The first kappa shape index (κ1) is 19.9. The van der Waals surface area contributed by atoms with Gasteiger partial charge in [0.15, 0.2) is 0 Å². The highest BCUT2D eigenvalue weighted by molar-refractivity contribution is 6.42. The fraction of sp³-hybridized carbons (Fsp3) is 0.158. The van der Waals surface area contributed by atoms with E-state index < -0.39 is 17.9 Å². The Balaban J connectivity index is 2.05. The number of amides is 1. The summed E-state index contributed by atoms with van der Waals surface area (Å²) in [4.78, 5) is 24.0. The van der Waals surface area contributed by atoms with Crippen LogP contribution in [0.1, 0.15) is 11.1 Å². The third kappa shape index (κ3) is 5.86. The zero-order valence-corrected chi connectivity index (χ0v) is 15.4. The smallest absolute Gasteiger partial charge is 0.328 e. The van der Waals surface area contributed by atoms with Crippen LogP contribution in [-0.2, 0) is 20.7 Å². The molecule has 0 unspecified atom stereocenters. The lowest BCUT2D eigenvalue weighted by Crippen LogP contribution is -2.42. The number of rotatable bonds is 6. The summed E-state index contributed by atoms with van der Waals surface area (Å²) in [5.41, 5.74) is 1.37. The summed E-state index contributed by atoms with van der Waals surface area (Å²) in [6.45, 7) is 0. The van der Waals surface area contributed by atoms with Crippen molar-refractivity contribution >= 4 is 41.2 Å². The minimum absolute atomic E-state index is 0.180. The molecule has 0 fully saturated rings. The number of halogens is 3. The quantitative estimate of drug-likeness (QED) is 0.592. The standard InChI is InChI=1S/C19H16Cl2FNO3/c1-26-19(25)17(11-13-2-6-14(22)7-3-13)23-18(24)9-5-12-4-8-15(20)16(21)10-12/h2-10,17H,11H2,1H3,(H,23,24)/b9-5+/t17-/m0/s1. The van der Waals surface area contributed by atoms with Crippen molar-refractivity contribution in [1.82, 2.24) is 5.32 Å². The van der Waals surface area contributed by atoms with Crippen LogP contribution in [0.3, 0.4) is 0 Å². The molecular formula is C19H16Cl2FNO3. The molecule has 136 valence electrons. The molecule has 0 aliphatic heterocycles. The highest BCUT2D eigenvalue weighted by Crippen LogP contribution is 2.23. The summed E-state index contributed by atoms with van der Waals surface area (Å²) in [7, 11) is 1.23. The summed E-state index contributed by atoms with van der Waals surface area (Å²) in [6, 6.07) is 9.71. The minimum atomic E-state index is -0.892. The number of esters is 1. The Kier molecular flexibility index (Phi) is 7.18. The zero-order chi connectivity index (χ0) is 19.1. The third-order valence-corrected chi connectivity index (χ3v) is 4.27. The Morgan fingerprint density at radius 1 is 1.15 bits per heavy atom. The van der Waals surface area contributed by atoms with Crippen molar-refractivity contribution in [2.75, 3.05) is 7.11 Å². The molecule has 4 nitrogen and oxygen atoms in total. The third-order valence-electron chi connectivity index (χ3n) is 3.53. The van der Waals surface area contributed by atoms with Gasteiger partial charge in [0, 0.05) is 12.5 Å². The van der Waals surface area contributed by atoms with Crippen LogP contribution < -0.4 is 5.32 Å². The first-order chi connectivity index (χ1) is 12.4. The predicted octanol–water partition coefficient (Wildman–Crippen LogP) is 4.05. The number of nitrogens with one attached hydrogen (secondary N) is 1. The zero-order valence-electron chi connectivity index (χ0n) is 13.8. The van der Waals surface area contributed by atoms with Crippen LogP contribution in [0.2, 0.25) is 10.0 Å². The van der Waals surface area contributed by atoms with Crippen LogP contribution in [0, 0.1) is 5.82 Å². The van der Waals surface area contributed by atoms with Crippen LogP contribution in [0.4, 0.5) is 4.39 Å².